The number of benzene rings is 8. The Hall–Kier alpha value is -12.3. The second-order valence-electron chi connectivity index (χ2n) is 24.2. The summed E-state index contributed by atoms with van der Waals surface area (Å²) in [7, 11) is 0. The third-order valence-electron chi connectivity index (χ3n) is 16.7. The first kappa shape index (κ1) is 75.9. The molecule has 0 radical (unpaired) electrons. The Kier molecular flexibility index (Phi) is 25.8. The van der Waals surface area contributed by atoms with E-state index in [9.17, 15) is 52.7 Å². The highest BCUT2D eigenvalue weighted by atomic mass is 16.8. The highest BCUT2D eigenvalue weighted by molar-refractivity contribution is 5.94. The van der Waals surface area contributed by atoms with Crippen molar-refractivity contribution < 1.29 is 129 Å². The van der Waals surface area contributed by atoms with Crippen molar-refractivity contribution in [2.75, 3.05) is 19.8 Å². The highest BCUT2D eigenvalue weighted by Crippen LogP contribution is 2.39. The Bertz CT molecular complexity index is 4370. The molecule has 0 aliphatic carbocycles. The third-order valence-corrected chi connectivity index (χ3v) is 16.7. The van der Waals surface area contributed by atoms with Crippen LogP contribution in [0.4, 0.5) is 0 Å². The predicted octanol–water partition coefficient (Wildman–Crippen LogP) is 9.06. The first-order chi connectivity index (χ1) is 51.8. The summed E-state index contributed by atoms with van der Waals surface area (Å²) in [5.74, 6) is -11.5. The van der Waals surface area contributed by atoms with Crippen molar-refractivity contribution in [3.8, 4) is 0 Å². The third kappa shape index (κ3) is 20.0. The van der Waals surface area contributed by atoms with Gasteiger partial charge in [0.15, 0.2) is 61.4 Å². The topological polar surface area (TPSA) is 335 Å². The van der Waals surface area contributed by atoms with Crippen molar-refractivity contribution >= 4 is 65.7 Å². The van der Waals surface area contributed by atoms with Crippen molar-refractivity contribution in [3.05, 3.63) is 287 Å². The van der Waals surface area contributed by atoms with E-state index in [2.05, 4.69) is 0 Å². The molecule has 0 amide bonds. The molecule has 0 spiro atoms. The fraction of sp³-hybridized carbons (Fsp3) is 0.263. The van der Waals surface area contributed by atoms with Crippen molar-refractivity contribution in [1.29, 1.82) is 0 Å². The van der Waals surface area contributed by atoms with E-state index in [0.29, 0.717) is 0 Å². The Labute approximate surface area is 611 Å². The van der Waals surface area contributed by atoms with E-state index in [1.54, 1.807) is 84.9 Å². The zero-order valence-corrected chi connectivity index (χ0v) is 57.4. The Balaban J connectivity index is 1.03. The van der Waals surface area contributed by atoms with Gasteiger partial charge >= 0.3 is 65.7 Å². The minimum Gasteiger partial charge on any atom is -0.459 e. The minimum absolute atomic E-state index is 0.00894. The maximum atomic E-state index is 14.8. The van der Waals surface area contributed by atoms with E-state index in [1.165, 1.54) is 158 Å². The number of hydrogen-bond acceptors (Lipinski definition) is 27. The Morgan fingerprint density at radius 1 is 0.234 bits per heavy atom. The minimum atomic E-state index is -2.26. The lowest BCUT2D eigenvalue weighted by atomic mass is 9.95. The van der Waals surface area contributed by atoms with Gasteiger partial charge in [-0.1, -0.05) is 146 Å². The lowest BCUT2D eigenvalue weighted by molar-refractivity contribution is -0.361. The molecule has 552 valence electrons. The average molecular weight is 1460 g/mol. The van der Waals surface area contributed by atoms with E-state index >= 15 is 0 Å². The summed E-state index contributed by atoms with van der Waals surface area (Å²) in [6.07, 6.45) is -30.2. The first-order valence-electron chi connectivity index (χ1n) is 33.6. The number of esters is 11. The molecular weight excluding hydrogens is 1390 g/mol. The number of rotatable bonds is 26. The Morgan fingerprint density at radius 2 is 0.458 bits per heavy atom. The number of hydrogen-bond donors (Lipinski definition) is 0. The standard InChI is InChI=1S/C80H70O27/c1-47(81)95-61-60(46-94-78-67(105-76(90)56-40-24-10-25-41-56)64(103-74(88)54-36-20-8-21-37-54)62(101-72(86)52-32-16-6-17-33-52)58(98-78)44-92-70(84)50-28-12-4-13-29-50)99-79(97-49(3)83)68(96-48(2)82)66(61)107-80-69(106-77(91)57-42-26-11-27-43-57)65(104-75(89)55-38-22-9-23-39-55)63(102-73(87)53-34-18-7-19-35-53)59(100-80)45-93-71(85)51-30-14-5-15-31-51/h4-43,58-69,78-80H,44-46H2,1-3H3/t58-,59-,60-,61-,62-,63-,64+,65+,66+,67+,68+,69+,78+,79+,80-/m1/s1. The average Bonchev–Trinajstić information content (AvgIpc) is 0.780. The molecule has 27 nitrogen and oxygen atoms in total. The van der Waals surface area contributed by atoms with Crippen LogP contribution in [0, 0.1) is 0 Å². The molecular formula is C80H70O27. The molecule has 8 aromatic rings. The number of carbonyl (C=O) groups is 11. The van der Waals surface area contributed by atoms with Crippen LogP contribution in [0.3, 0.4) is 0 Å². The maximum absolute atomic E-state index is 14.8. The smallest absolute Gasteiger partial charge is 0.338 e. The predicted molar refractivity (Wildman–Crippen MR) is 367 cm³/mol. The van der Waals surface area contributed by atoms with E-state index < -0.39 is 178 Å². The summed E-state index contributed by atoms with van der Waals surface area (Å²) in [5, 5.41) is 0. The molecule has 3 heterocycles. The maximum Gasteiger partial charge on any atom is 0.338 e. The largest absolute Gasteiger partial charge is 0.459 e. The van der Waals surface area contributed by atoms with Gasteiger partial charge in [-0.3, -0.25) is 14.4 Å². The zero-order chi connectivity index (χ0) is 75.3. The van der Waals surface area contributed by atoms with Crippen LogP contribution in [0.15, 0.2) is 243 Å². The van der Waals surface area contributed by atoms with Crippen LogP contribution >= 0.6 is 0 Å². The summed E-state index contributed by atoms with van der Waals surface area (Å²) in [6, 6.07) is 60.3. The monoisotopic (exact) mass is 1460 g/mol. The van der Waals surface area contributed by atoms with Gasteiger partial charge in [-0.05, 0) is 97.1 Å². The zero-order valence-electron chi connectivity index (χ0n) is 57.4. The normalized spacial score (nSPS) is 23.7. The van der Waals surface area contributed by atoms with Gasteiger partial charge in [-0.25, -0.2) is 38.4 Å². The second kappa shape index (κ2) is 36.4. The molecule has 27 heteroatoms. The van der Waals surface area contributed by atoms with Gasteiger partial charge in [0.25, 0.3) is 0 Å². The fourth-order valence-corrected chi connectivity index (χ4v) is 11.7. The molecule has 0 saturated carbocycles. The van der Waals surface area contributed by atoms with Gasteiger partial charge in [0, 0.05) is 20.8 Å². The van der Waals surface area contributed by atoms with Crippen LogP contribution in [0.25, 0.3) is 0 Å². The van der Waals surface area contributed by atoms with Crippen LogP contribution < -0.4 is 0 Å². The van der Waals surface area contributed by atoms with Gasteiger partial charge in [-0.2, -0.15) is 0 Å². The quantitative estimate of drug-likeness (QED) is 0.0360. The van der Waals surface area contributed by atoms with Gasteiger partial charge in [0.05, 0.1) is 51.1 Å². The highest BCUT2D eigenvalue weighted by Gasteiger charge is 2.60. The molecule has 0 aromatic heterocycles. The summed E-state index contributed by atoms with van der Waals surface area (Å²) in [4.78, 5) is 156. The van der Waals surface area contributed by atoms with Crippen molar-refractivity contribution in [2.45, 2.75) is 113 Å². The first-order valence-corrected chi connectivity index (χ1v) is 33.6. The fourth-order valence-electron chi connectivity index (χ4n) is 11.7. The molecule has 0 N–H and O–H groups in total. The summed E-state index contributed by atoms with van der Waals surface area (Å²) < 4.78 is 100. The Morgan fingerprint density at radius 3 is 0.766 bits per heavy atom. The molecule has 3 aliphatic heterocycles. The summed E-state index contributed by atoms with van der Waals surface area (Å²) in [6.45, 7) is 0.217. The van der Waals surface area contributed by atoms with Crippen LogP contribution in [-0.2, 0) is 90.2 Å². The SMILES string of the molecule is CC(=O)O[C@H]1O[C@H](CO[C@H]2O[C@H](COC(=O)c3ccccc3)[C@@H](OC(=O)c3ccccc3)[C@H](OC(=O)c3ccccc3)[C@@H]2OC(=O)c2ccccc2)[C@@H](OC(C)=O)[C@H](O[C@H]2O[C@H](COC(=O)c3ccccc3)[C@@H](OC(=O)c3ccccc3)[C@H](OC(=O)c3ccccc3)[C@@H]2OC(=O)c2ccccc2)[C@@H]1OC(C)=O. The van der Waals surface area contributed by atoms with Crippen LogP contribution in [0.1, 0.15) is 104 Å². The summed E-state index contributed by atoms with van der Waals surface area (Å²) >= 11 is 0. The van der Waals surface area contributed by atoms with E-state index in [4.69, 9.17) is 75.8 Å². The van der Waals surface area contributed by atoms with Crippen LogP contribution in [0.2, 0.25) is 0 Å². The molecule has 0 bridgehead atoms. The number of carbonyl (C=O) groups excluding carboxylic acids is 11. The van der Waals surface area contributed by atoms with E-state index in [-0.39, 0.29) is 44.5 Å². The molecule has 0 unspecified atom stereocenters. The molecule has 3 fully saturated rings. The van der Waals surface area contributed by atoms with E-state index in [0.717, 1.165) is 20.8 Å². The van der Waals surface area contributed by atoms with Gasteiger partial charge < -0.3 is 75.8 Å². The van der Waals surface area contributed by atoms with Gasteiger partial charge in [0.1, 0.15) is 37.6 Å². The van der Waals surface area contributed by atoms with Crippen LogP contribution in [-0.4, -0.2) is 178 Å². The van der Waals surface area contributed by atoms with Gasteiger partial charge in [-0.15, -0.1) is 0 Å². The van der Waals surface area contributed by atoms with Crippen molar-refractivity contribution in [2.24, 2.45) is 0 Å². The molecule has 3 saturated heterocycles. The molecule has 15 atom stereocenters. The molecule has 8 aromatic carbocycles. The molecule has 11 rings (SSSR count). The molecule has 3 aliphatic rings. The van der Waals surface area contributed by atoms with Crippen molar-refractivity contribution in [1.82, 2.24) is 0 Å². The van der Waals surface area contributed by atoms with Crippen LogP contribution in [0.5, 0.6) is 0 Å². The lowest BCUT2D eigenvalue weighted by Gasteiger charge is -2.49. The van der Waals surface area contributed by atoms with Gasteiger partial charge in [0.2, 0.25) is 6.29 Å². The summed E-state index contributed by atoms with van der Waals surface area (Å²) in [5.41, 5.74) is -0.201. The second-order valence-corrected chi connectivity index (χ2v) is 24.2. The van der Waals surface area contributed by atoms with E-state index in [1.807, 2.05) is 0 Å². The molecule has 107 heavy (non-hydrogen) atoms. The van der Waals surface area contributed by atoms with Crippen molar-refractivity contribution in [3.63, 3.8) is 0 Å². The lowest BCUT2D eigenvalue weighted by Crippen LogP contribution is -2.68. The number of ether oxygens (including phenoxy) is 16.